The van der Waals surface area contributed by atoms with Gasteiger partial charge in [0.1, 0.15) is 11.5 Å². The van der Waals surface area contributed by atoms with E-state index in [9.17, 15) is 13.2 Å². The van der Waals surface area contributed by atoms with Gasteiger partial charge in [-0.3, -0.25) is 9.52 Å². The maximum Gasteiger partial charge on any atom is 0.255 e. The van der Waals surface area contributed by atoms with Crippen LogP contribution < -0.4 is 14.8 Å². The first-order chi connectivity index (χ1) is 22.0. The Balaban J connectivity index is 1.46. The summed E-state index contributed by atoms with van der Waals surface area (Å²) in [4.78, 5) is 18.4. The quantitative estimate of drug-likeness (QED) is 0.192. The highest BCUT2D eigenvalue weighted by Gasteiger charge is 2.29. The topological polar surface area (TPSA) is 133 Å². The molecule has 12 heteroatoms. The number of aromatic nitrogens is 5. The van der Waals surface area contributed by atoms with Gasteiger partial charge in [0.2, 0.25) is 10.0 Å². The number of nitrogens with one attached hydrogen (secondary N) is 2. The molecule has 2 N–H and O–H groups in total. The Morgan fingerprint density at radius 2 is 1.62 bits per heavy atom. The minimum atomic E-state index is -3.61. The van der Waals surface area contributed by atoms with Crippen LogP contribution in [0.2, 0.25) is 0 Å². The summed E-state index contributed by atoms with van der Waals surface area (Å²) in [5.74, 6) is 0.695. The minimum absolute atomic E-state index is 0.205. The van der Waals surface area contributed by atoms with Gasteiger partial charge in [0.25, 0.3) is 5.91 Å². The fourth-order valence-corrected chi connectivity index (χ4v) is 6.10. The third-order valence-electron chi connectivity index (χ3n) is 8.22. The van der Waals surface area contributed by atoms with Crippen molar-refractivity contribution < 1.29 is 17.9 Å². The number of benzene rings is 3. The summed E-state index contributed by atoms with van der Waals surface area (Å²) >= 11 is 0. The Morgan fingerprint density at radius 1 is 0.936 bits per heavy atom. The van der Waals surface area contributed by atoms with Crippen molar-refractivity contribution in [1.82, 2.24) is 24.5 Å². The number of amides is 1. The minimum Gasteiger partial charge on any atom is -0.492 e. The fraction of sp³-hybridized carbons (Fsp3) is 0.314. The molecule has 0 atom stereocenters. The van der Waals surface area contributed by atoms with Crippen molar-refractivity contribution in [2.24, 2.45) is 7.05 Å². The zero-order chi connectivity index (χ0) is 34.3. The molecule has 246 valence electrons. The lowest BCUT2D eigenvalue weighted by Crippen LogP contribution is -2.23. The smallest absolute Gasteiger partial charge is 0.255 e. The Morgan fingerprint density at radius 3 is 2.26 bits per heavy atom. The number of ether oxygens (including phenoxy) is 1. The molecule has 3 aromatic carbocycles. The molecule has 0 bridgehead atoms. The molecule has 0 radical (unpaired) electrons. The summed E-state index contributed by atoms with van der Waals surface area (Å²) in [6.45, 7) is 12.2. The number of sulfonamides is 1. The van der Waals surface area contributed by atoms with Gasteiger partial charge < -0.3 is 14.6 Å². The van der Waals surface area contributed by atoms with Gasteiger partial charge in [-0.05, 0) is 67.1 Å². The first-order valence-corrected chi connectivity index (χ1v) is 17.0. The Labute approximate surface area is 276 Å². The van der Waals surface area contributed by atoms with Gasteiger partial charge in [-0.15, -0.1) is 5.10 Å². The van der Waals surface area contributed by atoms with Crippen molar-refractivity contribution in [3.8, 4) is 22.8 Å². The molecule has 0 aliphatic rings. The van der Waals surface area contributed by atoms with Crippen LogP contribution in [0.4, 0.5) is 11.4 Å². The molecule has 2 aromatic heterocycles. The molecule has 2 heterocycles. The lowest BCUT2D eigenvalue weighted by molar-refractivity contribution is 0.102. The van der Waals surface area contributed by atoms with Crippen LogP contribution in [0.5, 0.6) is 5.75 Å². The molecule has 0 saturated carbocycles. The highest BCUT2D eigenvalue weighted by molar-refractivity contribution is 7.92. The van der Waals surface area contributed by atoms with E-state index in [1.165, 1.54) is 7.11 Å². The summed E-state index contributed by atoms with van der Waals surface area (Å²) < 4.78 is 36.0. The zero-order valence-electron chi connectivity index (χ0n) is 28.2. The molecule has 47 heavy (non-hydrogen) atoms. The van der Waals surface area contributed by atoms with Crippen LogP contribution in [0.3, 0.4) is 0 Å². The van der Waals surface area contributed by atoms with E-state index in [0.29, 0.717) is 22.6 Å². The average molecular weight is 656 g/mol. The third-order valence-corrected chi connectivity index (χ3v) is 8.81. The number of hydrogen-bond acceptors (Lipinski definition) is 7. The van der Waals surface area contributed by atoms with Crippen molar-refractivity contribution in [2.45, 2.75) is 52.4 Å². The van der Waals surface area contributed by atoms with Crippen LogP contribution in [-0.2, 0) is 27.9 Å². The normalized spacial score (nSPS) is 12.2. The van der Waals surface area contributed by atoms with Crippen molar-refractivity contribution in [3.63, 3.8) is 0 Å². The van der Waals surface area contributed by atoms with Crippen molar-refractivity contribution in [3.05, 3.63) is 101 Å². The number of aryl methyl sites for hydroxylation is 1. The monoisotopic (exact) mass is 655 g/mol. The van der Waals surface area contributed by atoms with E-state index >= 15 is 0 Å². The van der Waals surface area contributed by atoms with Crippen LogP contribution in [-0.4, -0.2) is 52.2 Å². The molecule has 0 fully saturated rings. The molecule has 5 aromatic rings. The number of rotatable bonds is 9. The summed E-state index contributed by atoms with van der Waals surface area (Å²) in [5, 5.41) is 11.8. The maximum absolute atomic E-state index is 13.7. The van der Waals surface area contributed by atoms with Gasteiger partial charge in [0, 0.05) is 18.0 Å². The lowest BCUT2D eigenvalue weighted by atomic mass is 9.84. The number of methoxy groups -OCH3 is 1. The number of anilines is 2. The number of carbonyl (C=O) groups is 1. The first kappa shape index (κ1) is 33.4. The molecule has 11 nitrogen and oxygen atoms in total. The average Bonchev–Trinajstić information content (AvgIpc) is 3.63. The molecule has 0 aliphatic heterocycles. The zero-order valence-corrected chi connectivity index (χ0v) is 29.0. The second kappa shape index (κ2) is 12.3. The Hall–Kier alpha value is -4.97. The van der Waals surface area contributed by atoms with E-state index in [1.54, 1.807) is 35.1 Å². The molecule has 0 unspecified atom stereocenters. The maximum atomic E-state index is 13.7. The van der Waals surface area contributed by atoms with Gasteiger partial charge in [-0.1, -0.05) is 62.4 Å². The molecule has 0 spiro atoms. The highest BCUT2D eigenvalue weighted by atomic mass is 32.2. The van der Waals surface area contributed by atoms with Gasteiger partial charge in [-0.2, -0.15) is 0 Å². The van der Waals surface area contributed by atoms with Crippen molar-refractivity contribution in [1.29, 1.82) is 0 Å². The van der Waals surface area contributed by atoms with Crippen molar-refractivity contribution in [2.75, 3.05) is 23.4 Å². The predicted molar refractivity (Wildman–Crippen MR) is 185 cm³/mol. The second-order valence-corrected chi connectivity index (χ2v) is 15.0. The van der Waals surface area contributed by atoms with E-state index in [-0.39, 0.29) is 22.3 Å². The van der Waals surface area contributed by atoms with Crippen LogP contribution in [0.25, 0.3) is 17.1 Å². The lowest BCUT2D eigenvalue weighted by Gasteiger charge is -2.25. The summed E-state index contributed by atoms with van der Waals surface area (Å²) in [6.07, 6.45) is 4.69. The van der Waals surface area contributed by atoms with E-state index < -0.39 is 15.9 Å². The number of nitrogens with zero attached hydrogens (tertiary/aromatic N) is 5. The van der Waals surface area contributed by atoms with Gasteiger partial charge in [-0.25, -0.2) is 18.1 Å². The number of carbonyl (C=O) groups excluding carboxylic acids is 1. The van der Waals surface area contributed by atoms with Gasteiger partial charge in [0.15, 0.2) is 5.75 Å². The first-order valence-electron chi connectivity index (χ1n) is 15.1. The van der Waals surface area contributed by atoms with E-state index in [2.05, 4.69) is 46.3 Å². The standard InChI is InChI=1S/C35H41N7O4S/c1-22-15-16-23(32(43)37-26-18-25(34(2,3)4)19-27(31(26)46-8)39-47(9,44)45)17-29(22)42-21-28(38-40-42)30-20-36-33(41(30)7)35(5,6)24-13-11-10-12-14-24/h10-21,39H,1-9H3,(H,37,43). The molecular weight excluding hydrogens is 614 g/mol. The number of imidazole rings is 1. The number of hydrogen-bond donors (Lipinski definition) is 2. The largest absolute Gasteiger partial charge is 0.492 e. The highest BCUT2D eigenvalue weighted by Crippen LogP contribution is 2.39. The predicted octanol–water partition coefficient (Wildman–Crippen LogP) is 6.23. The summed E-state index contributed by atoms with van der Waals surface area (Å²) in [7, 11) is -0.218. The molecule has 1 amide bonds. The van der Waals surface area contributed by atoms with Gasteiger partial charge >= 0.3 is 0 Å². The molecule has 0 saturated heterocycles. The van der Waals surface area contributed by atoms with E-state index in [4.69, 9.17) is 9.72 Å². The van der Waals surface area contributed by atoms with Crippen LogP contribution in [0.15, 0.2) is 73.1 Å². The second-order valence-electron chi connectivity index (χ2n) is 13.2. The fourth-order valence-electron chi connectivity index (χ4n) is 5.55. The van der Waals surface area contributed by atoms with Crippen molar-refractivity contribution >= 4 is 27.3 Å². The SMILES string of the molecule is COc1c(NC(=O)c2ccc(C)c(-n3cc(-c4cnc(C(C)(C)c5ccccc5)n4C)nn3)c2)cc(C(C)(C)C)cc1NS(C)(=O)=O. The van der Waals surface area contributed by atoms with Crippen LogP contribution >= 0.6 is 0 Å². The van der Waals surface area contributed by atoms with Crippen LogP contribution in [0.1, 0.15) is 67.5 Å². The summed E-state index contributed by atoms with van der Waals surface area (Å²) in [5.41, 5.74) is 5.26. The van der Waals surface area contributed by atoms with E-state index in [1.807, 2.05) is 69.8 Å². The summed E-state index contributed by atoms with van der Waals surface area (Å²) in [6, 6.07) is 19.1. The van der Waals surface area contributed by atoms with Gasteiger partial charge in [0.05, 0.1) is 48.5 Å². The third kappa shape index (κ3) is 6.92. The van der Waals surface area contributed by atoms with E-state index in [0.717, 1.165) is 34.5 Å². The Kier molecular flexibility index (Phi) is 8.76. The Bertz CT molecular complexity index is 2060. The molecule has 5 rings (SSSR count). The van der Waals surface area contributed by atoms with Crippen LogP contribution in [0, 0.1) is 6.92 Å². The molecular formula is C35H41N7O4S. The molecule has 0 aliphatic carbocycles.